The first kappa shape index (κ1) is 12.2. The standard InChI is InChI=1S/C15H24N2O/c1-11(4-7-15-3-2-8-18-15)17-13-5-6-14(17)10-12(16)9-13/h2-3,8,11-14H,4-7,9-10,16H2,1H3. The van der Waals surface area contributed by atoms with Gasteiger partial charge in [-0.25, -0.2) is 0 Å². The van der Waals surface area contributed by atoms with Gasteiger partial charge >= 0.3 is 0 Å². The Bertz CT molecular complexity index is 362. The Labute approximate surface area is 109 Å². The van der Waals surface area contributed by atoms with Crippen LogP contribution < -0.4 is 5.73 Å². The zero-order chi connectivity index (χ0) is 12.5. The van der Waals surface area contributed by atoms with Gasteiger partial charge in [0.1, 0.15) is 5.76 Å². The van der Waals surface area contributed by atoms with E-state index in [1.165, 1.54) is 32.1 Å². The molecule has 100 valence electrons. The highest BCUT2D eigenvalue weighted by Gasteiger charge is 2.41. The van der Waals surface area contributed by atoms with E-state index in [1.54, 1.807) is 6.26 Å². The van der Waals surface area contributed by atoms with Gasteiger partial charge in [-0.2, -0.15) is 0 Å². The van der Waals surface area contributed by atoms with Crippen molar-refractivity contribution in [1.82, 2.24) is 4.90 Å². The fourth-order valence-corrected chi connectivity index (χ4v) is 3.93. The summed E-state index contributed by atoms with van der Waals surface area (Å²) in [6.45, 7) is 2.37. The van der Waals surface area contributed by atoms with E-state index in [4.69, 9.17) is 10.2 Å². The molecule has 0 aromatic carbocycles. The first-order valence-electron chi connectivity index (χ1n) is 7.29. The summed E-state index contributed by atoms with van der Waals surface area (Å²) in [4.78, 5) is 2.74. The monoisotopic (exact) mass is 248 g/mol. The van der Waals surface area contributed by atoms with E-state index in [0.29, 0.717) is 12.1 Å². The first-order chi connectivity index (χ1) is 8.74. The van der Waals surface area contributed by atoms with Crippen LogP contribution in [0.1, 0.15) is 44.8 Å². The zero-order valence-electron chi connectivity index (χ0n) is 11.2. The summed E-state index contributed by atoms with van der Waals surface area (Å²) in [5.41, 5.74) is 6.13. The Hall–Kier alpha value is -0.800. The predicted octanol–water partition coefficient (Wildman–Crippen LogP) is 2.55. The topological polar surface area (TPSA) is 42.4 Å². The summed E-state index contributed by atoms with van der Waals surface area (Å²) >= 11 is 0. The maximum atomic E-state index is 6.13. The maximum absolute atomic E-state index is 6.13. The lowest BCUT2D eigenvalue weighted by Gasteiger charge is -2.41. The number of aryl methyl sites for hydroxylation is 1. The minimum Gasteiger partial charge on any atom is -0.469 e. The number of nitrogens with two attached hydrogens (primary N) is 1. The van der Waals surface area contributed by atoms with Gasteiger partial charge in [0.15, 0.2) is 0 Å². The molecule has 3 nitrogen and oxygen atoms in total. The Morgan fingerprint density at radius 3 is 2.72 bits per heavy atom. The number of hydrogen-bond acceptors (Lipinski definition) is 3. The van der Waals surface area contributed by atoms with Crippen LogP contribution in [-0.2, 0) is 6.42 Å². The van der Waals surface area contributed by atoms with E-state index in [0.717, 1.165) is 24.3 Å². The summed E-state index contributed by atoms with van der Waals surface area (Å²) in [5.74, 6) is 1.11. The van der Waals surface area contributed by atoms with Crippen molar-refractivity contribution in [1.29, 1.82) is 0 Å². The molecule has 0 saturated carbocycles. The van der Waals surface area contributed by atoms with Gasteiger partial charge in [0.05, 0.1) is 6.26 Å². The number of fused-ring (bicyclic) bond motifs is 2. The Morgan fingerprint density at radius 2 is 2.11 bits per heavy atom. The number of furan rings is 1. The van der Waals surface area contributed by atoms with Gasteiger partial charge in [0.25, 0.3) is 0 Å². The molecule has 2 fully saturated rings. The van der Waals surface area contributed by atoms with Crippen LogP contribution in [0.2, 0.25) is 0 Å². The molecule has 2 aliphatic heterocycles. The maximum Gasteiger partial charge on any atom is 0.103 e. The van der Waals surface area contributed by atoms with Crippen molar-refractivity contribution in [2.45, 2.75) is 69.6 Å². The molecule has 1 aromatic heterocycles. The minimum atomic E-state index is 0.441. The van der Waals surface area contributed by atoms with E-state index in [-0.39, 0.29) is 0 Å². The predicted molar refractivity (Wildman–Crippen MR) is 72.3 cm³/mol. The van der Waals surface area contributed by atoms with Crippen molar-refractivity contribution < 1.29 is 4.42 Å². The fourth-order valence-electron chi connectivity index (χ4n) is 3.93. The van der Waals surface area contributed by atoms with Crippen LogP contribution in [0, 0.1) is 0 Å². The van der Waals surface area contributed by atoms with E-state index in [9.17, 15) is 0 Å². The van der Waals surface area contributed by atoms with Crippen molar-refractivity contribution in [3.63, 3.8) is 0 Å². The van der Waals surface area contributed by atoms with Gasteiger partial charge in [-0.1, -0.05) is 0 Å². The number of hydrogen-bond donors (Lipinski definition) is 1. The molecule has 3 heterocycles. The average Bonchev–Trinajstić information content (AvgIpc) is 2.94. The largest absolute Gasteiger partial charge is 0.469 e. The molecule has 0 aliphatic carbocycles. The van der Waals surface area contributed by atoms with Crippen LogP contribution in [0.4, 0.5) is 0 Å². The van der Waals surface area contributed by atoms with Crippen molar-refractivity contribution in [2.24, 2.45) is 5.73 Å². The average molecular weight is 248 g/mol. The Kier molecular flexibility index (Phi) is 3.44. The lowest BCUT2D eigenvalue weighted by atomic mass is 9.95. The molecule has 3 unspecified atom stereocenters. The lowest BCUT2D eigenvalue weighted by molar-refractivity contribution is 0.0807. The zero-order valence-corrected chi connectivity index (χ0v) is 11.2. The second-order valence-corrected chi connectivity index (χ2v) is 6.03. The van der Waals surface area contributed by atoms with Crippen LogP contribution in [-0.4, -0.2) is 29.1 Å². The summed E-state index contributed by atoms with van der Waals surface area (Å²) < 4.78 is 5.42. The second-order valence-electron chi connectivity index (χ2n) is 6.03. The molecule has 0 radical (unpaired) electrons. The van der Waals surface area contributed by atoms with E-state index >= 15 is 0 Å². The van der Waals surface area contributed by atoms with Gasteiger partial charge < -0.3 is 10.2 Å². The van der Waals surface area contributed by atoms with Crippen molar-refractivity contribution in [3.05, 3.63) is 24.2 Å². The molecule has 2 saturated heterocycles. The second kappa shape index (κ2) is 5.06. The number of piperidine rings is 1. The van der Waals surface area contributed by atoms with Gasteiger partial charge in [0, 0.05) is 30.6 Å². The number of rotatable bonds is 4. The third-order valence-electron chi connectivity index (χ3n) is 4.72. The molecule has 18 heavy (non-hydrogen) atoms. The highest BCUT2D eigenvalue weighted by molar-refractivity contribution is 5.01. The lowest BCUT2D eigenvalue weighted by Crippen LogP contribution is -2.51. The molecule has 2 bridgehead atoms. The Balaban J connectivity index is 1.58. The van der Waals surface area contributed by atoms with E-state index in [2.05, 4.69) is 17.9 Å². The first-order valence-corrected chi connectivity index (χ1v) is 7.29. The normalized spacial score (nSPS) is 33.8. The van der Waals surface area contributed by atoms with Crippen molar-refractivity contribution >= 4 is 0 Å². The highest BCUT2D eigenvalue weighted by Crippen LogP contribution is 2.37. The quantitative estimate of drug-likeness (QED) is 0.890. The summed E-state index contributed by atoms with van der Waals surface area (Å²) in [6.07, 6.45) is 9.10. The van der Waals surface area contributed by atoms with Crippen LogP contribution in [0.25, 0.3) is 0 Å². The van der Waals surface area contributed by atoms with Gasteiger partial charge in [0.2, 0.25) is 0 Å². The molecule has 2 N–H and O–H groups in total. The Morgan fingerprint density at radius 1 is 1.39 bits per heavy atom. The van der Waals surface area contributed by atoms with E-state index < -0.39 is 0 Å². The summed E-state index contributed by atoms with van der Waals surface area (Å²) in [6, 6.07) is 6.63. The molecular weight excluding hydrogens is 224 g/mol. The van der Waals surface area contributed by atoms with Crippen molar-refractivity contribution in [2.75, 3.05) is 0 Å². The molecule has 0 spiro atoms. The van der Waals surface area contributed by atoms with Crippen molar-refractivity contribution in [3.8, 4) is 0 Å². The van der Waals surface area contributed by atoms with Crippen LogP contribution in [0.3, 0.4) is 0 Å². The molecule has 0 amide bonds. The van der Waals surface area contributed by atoms with Crippen LogP contribution in [0.5, 0.6) is 0 Å². The molecule has 1 aromatic rings. The van der Waals surface area contributed by atoms with Gasteiger partial charge in [-0.15, -0.1) is 0 Å². The molecule has 2 aliphatic rings. The SMILES string of the molecule is CC(CCc1ccco1)N1C2CCC1CC(N)C2. The van der Waals surface area contributed by atoms with E-state index in [1.807, 2.05) is 6.07 Å². The third kappa shape index (κ3) is 2.34. The minimum absolute atomic E-state index is 0.441. The fraction of sp³-hybridized carbons (Fsp3) is 0.733. The molecule has 3 heteroatoms. The highest BCUT2D eigenvalue weighted by atomic mass is 16.3. The van der Waals surface area contributed by atoms with Crippen LogP contribution >= 0.6 is 0 Å². The molecule has 3 rings (SSSR count). The molecule has 3 atom stereocenters. The smallest absolute Gasteiger partial charge is 0.103 e. The van der Waals surface area contributed by atoms with Gasteiger partial charge in [-0.05, 0) is 51.2 Å². The summed E-state index contributed by atoms with van der Waals surface area (Å²) in [7, 11) is 0. The molecular formula is C15H24N2O. The third-order valence-corrected chi connectivity index (χ3v) is 4.72. The number of nitrogens with zero attached hydrogens (tertiary/aromatic N) is 1. The van der Waals surface area contributed by atoms with Crippen LogP contribution in [0.15, 0.2) is 22.8 Å². The van der Waals surface area contributed by atoms with Gasteiger partial charge in [-0.3, -0.25) is 4.90 Å². The summed E-state index contributed by atoms with van der Waals surface area (Å²) in [5, 5.41) is 0.